The number of piperidine rings is 1. The fourth-order valence-electron chi connectivity index (χ4n) is 2.83. The molecule has 0 radical (unpaired) electrons. The van der Waals surface area contributed by atoms with Gasteiger partial charge in [0.15, 0.2) is 5.96 Å². The molecule has 7 heteroatoms. The molecule has 1 amide bonds. The molecule has 1 saturated heterocycles. The Morgan fingerprint density at radius 1 is 1.24 bits per heavy atom. The predicted octanol–water partition coefficient (Wildman–Crippen LogP) is 0.815. The van der Waals surface area contributed by atoms with Gasteiger partial charge in [-0.05, 0) is 59.5 Å². The Hall–Kier alpha value is -1.34. The summed E-state index contributed by atoms with van der Waals surface area (Å²) in [5.74, 6) is 1.30. The first-order valence-corrected chi connectivity index (χ1v) is 9.38. The van der Waals surface area contributed by atoms with Crippen LogP contribution in [0.1, 0.15) is 40.5 Å². The molecule has 0 saturated carbocycles. The van der Waals surface area contributed by atoms with E-state index in [4.69, 9.17) is 4.74 Å². The average molecular weight is 356 g/mol. The second-order valence-corrected chi connectivity index (χ2v) is 7.65. The number of guanidine groups is 1. The van der Waals surface area contributed by atoms with E-state index in [1.807, 2.05) is 27.7 Å². The summed E-state index contributed by atoms with van der Waals surface area (Å²) < 4.78 is 5.14. The summed E-state index contributed by atoms with van der Waals surface area (Å²) in [6.07, 6.45) is 2.36. The van der Waals surface area contributed by atoms with Gasteiger partial charge in [-0.15, -0.1) is 0 Å². The lowest BCUT2D eigenvalue weighted by molar-refractivity contribution is -0.121. The van der Waals surface area contributed by atoms with E-state index in [0.717, 1.165) is 39.3 Å². The first-order chi connectivity index (χ1) is 11.8. The van der Waals surface area contributed by atoms with E-state index in [1.54, 1.807) is 7.11 Å². The van der Waals surface area contributed by atoms with Gasteiger partial charge in [0.05, 0.1) is 6.61 Å². The quantitative estimate of drug-likeness (QED) is 0.444. The van der Waals surface area contributed by atoms with E-state index in [0.29, 0.717) is 11.9 Å². The van der Waals surface area contributed by atoms with Crippen LogP contribution < -0.4 is 16.0 Å². The van der Waals surface area contributed by atoms with Crippen LogP contribution >= 0.6 is 0 Å². The van der Waals surface area contributed by atoms with Crippen LogP contribution in [0.4, 0.5) is 0 Å². The van der Waals surface area contributed by atoms with Crippen LogP contribution in [0, 0.1) is 5.92 Å². The Morgan fingerprint density at radius 2 is 1.92 bits per heavy atom. The number of hydrogen-bond donors (Lipinski definition) is 3. The second kappa shape index (κ2) is 11.3. The first kappa shape index (κ1) is 21.7. The van der Waals surface area contributed by atoms with Crippen molar-refractivity contribution in [1.82, 2.24) is 20.9 Å². The van der Waals surface area contributed by atoms with Crippen molar-refractivity contribution in [2.75, 3.05) is 53.0 Å². The molecule has 0 aromatic carbocycles. The number of ether oxygens (including phenoxy) is 1. The number of carbonyl (C=O) groups is 1. The first-order valence-electron chi connectivity index (χ1n) is 9.38. The third-order valence-corrected chi connectivity index (χ3v) is 4.12. The zero-order chi connectivity index (χ0) is 18.7. The fourth-order valence-corrected chi connectivity index (χ4v) is 2.83. The molecule has 146 valence electrons. The van der Waals surface area contributed by atoms with Crippen LogP contribution in [0.5, 0.6) is 0 Å². The number of amides is 1. The molecule has 0 aliphatic carbocycles. The van der Waals surface area contributed by atoms with Gasteiger partial charge in [0.1, 0.15) is 6.54 Å². The Morgan fingerprint density at radius 3 is 2.48 bits per heavy atom. The van der Waals surface area contributed by atoms with E-state index < -0.39 is 0 Å². The Kier molecular flexibility index (Phi) is 9.82. The molecule has 0 aromatic heterocycles. The zero-order valence-corrected chi connectivity index (χ0v) is 16.7. The SMILES string of the molecule is CCNC(=NCC(=O)NC(C)(C)C)NCC1CCN(CCOC)CC1. The second-order valence-electron chi connectivity index (χ2n) is 7.65. The largest absolute Gasteiger partial charge is 0.383 e. The lowest BCUT2D eigenvalue weighted by Gasteiger charge is -2.32. The number of aliphatic imine (C=N–C) groups is 1. The van der Waals surface area contributed by atoms with Gasteiger partial charge in [0.2, 0.25) is 5.91 Å². The van der Waals surface area contributed by atoms with Crippen LogP contribution in [0.25, 0.3) is 0 Å². The Balaban J connectivity index is 2.35. The summed E-state index contributed by atoms with van der Waals surface area (Å²) in [6, 6.07) is 0. The van der Waals surface area contributed by atoms with E-state index in [-0.39, 0.29) is 18.0 Å². The maximum atomic E-state index is 11.9. The molecule has 25 heavy (non-hydrogen) atoms. The van der Waals surface area contributed by atoms with Gasteiger partial charge in [-0.2, -0.15) is 0 Å². The summed E-state index contributed by atoms with van der Waals surface area (Å²) in [4.78, 5) is 18.8. The molecule has 0 atom stereocenters. The summed E-state index contributed by atoms with van der Waals surface area (Å²) in [6.45, 7) is 13.8. The predicted molar refractivity (Wildman–Crippen MR) is 103 cm³/mol. The van der Waals surface area contributed by atoms with Gasteiger partial charge in [-0.25, -0.2) is 4.99 Å². The molecule has 1 fully saturated rings. The highest BCUT2D eigenvalue weighted by Crippen LogP contribution is 2.15. The molecule has 0 unspecified atom stereocenters. The molecule has 7 nitrogen and oxygen atoms in total. The summed E-state index contributed by atoms with van der Waals surface area (Å²) in [7, 11) is 1.75. The highest BCUT2D eigenvalue weighted by atomic mass is 16.5. The molecule has 1 heterocycles. The minimum Gasteiger partial charge on any atom is -0.383 e. The minimum atomic E-state index is -0.227. The van der Waals surface area contributed by atoms with Crippen molar-refractivity contribution in [3.05, 3.63) is 0 Å². The van der Waals surface area contributed by atoms with Gasteiger partial charge in [0.25, 0.3) is 0 Å². The molecule has 1 aliphatic rings. The lowest BCUT2D eigenvalue weighted by Crippen LogP contribution is -2.45. The van der Waals surface area contributed by atoms with E-state index in [1.165, 1.54) is 12.8 Å². The van der Waals surface area contributed by atoms with Crippen molar-refractivity contribution in [3.8, 4) is 0 Å². The summed E-state index contributed by atoms with van der Waals surface area (Å²) >= 11 is 0. The molecular weight excluding hydrogens is 318 g/mol. The zero-order valence-electron chi connectivity index (χ0n) is 16.7. The normalized spacial score (nSPS) is 17.4. The number of hydrogen-bond acceptors (Lipinski definition) is 4. The van der Waals surface area contributed by atoms with Gasteiger partial charge in [-0.3, -0.25) is 4.79 Å². The highest BCUT2D eigenvalue weighted by Gasteiger charge is 2.19. The molecule has 1 rings (SSSR count). The minimum absolute atomic E-state index is 0.0591. The van der Waals surface area contributed by atoms with Crippen molar-refractivity contribution < 1.29 is 9.53 Å². The molecule has 3 N–H and O–H groups in total. The number of nitrogens with zero attached hydrogens (tertiary/aromatic N) is 2. The van der Waals surface area contributed by atoms with Gasteiger partial charge in [-0.1, -0.05) is 0 Å². The van der Waals surface area contributed by atoms with Gasteiger partial charge < -0.3 is 25.6 Å². The van der Waals surface area contributed by atoms with Crippen molar-refractivity contribution in [2.24, 2.45) is 10.9 Å². The molecule has 0 spiro atoms. The highest BCUT2D eigenvalue weighted by molar-refractivity contribution is 5.85. The van der Waals surface area contributed by atoms with Crippen LogP contribution in [0.15, 0.2) is 4.99 Å². The Labute approximate surface area is 153 Å². The maximum Gasteiger partial charge on any atom is 0.242 e. The summed E-state index contributed by atoms with van der Waals surface area (Å²) in [5.41, 5.74) is -0.227. The molecule has 1 aliphatic heterocycles. The molecule has 0 aromatic rings. The van der Waals surface area contributed by atoms with Crippen LogP contribution in [0.2, 0.25) is 0 Å². The topological polar surface area (TPSA) is 78.0 Å². The summed E-state index contributed by atoms with van der Waals surface area (Å²) in [5, 5.41) is 9.52. The smallest absolute Gasteiger partial charge is 0.242 e. The number of carbonyl (C=O) groups excluding carboxylic acids is 1. The average Bonchev–Trinajstić information content (AvgIpc) is 2.55. The Bertz CT molecular complexity index is 412. The maximum absolute atomic E-state index is 11.9. The fraction of sp³-hybridized carbons (Fsp3) is 0.889. The molecule has 0 bridgehead atoms. The lowest BCUT2D eigenvalue weighted by atomic mass is 9.97. The number of nitrogens with one attached hydrogen (secondary N) is 3. The van der Waals surface area contributed by atoms with E-state index in [9.17, 15) is 4.79 Å². The third-order valence-electron chi connectivity index (χ3n) is 4.12. The third kappa shape index (κ3) is 10.3. The van der Waals surface area contributed by atoms with Crippen LogP contribution in [0.3, 0.4) is 0 Å². The van der Waals surface area contributed by atoms with Crippen LogP contribution in [-0.4, -0.2) is 75.3 Å². The van der Waals surface area contributed by atoms with E-state index in [2.05, 4.69) is 25.8 Å². The number of rotatable bonds is 8. The van der Waals surface area contributed by atoms with E-state index >= 15 is 0 Å². The van der Waals surface area contributed by atoms with Crippen molar-refractivity contribution in [3.63, 3.8) is 0 Å². The van der Waals surface area contributed by atoms with Crippen molar-refractivity contribution in [2.45, 2.75) is 46.1 Å². The van der Waals surface area contributed by atoms with Crippen molar-refractivity contribution in [1.29, 1.82) is 0 Å². The monoisotopic (exact) mass is 355 g/mol. The molecular formula is C18H37N5O2. The standard InChI is InChI=1S/C18H37N5O2/c1-6-19-17(21-14-16(24)22-18(2,3)4)20-13-15-7-9-23(10-8-15)11-12-25-5/h15H,6-14H2,1-5H3,(H,22,24)(H2,19,20,21). The number of likely N-dealkylation sites (tertiary alicyclic amines) is 1. The van der Waals surface area contributed by atoms with Gasteiger partial charge in [0, 0.05) is 32.3 Å². The van der Waals surface area contributed by atoms with Gasteiger partial charge >= 0.3 is 0 Å². The number of methoxy groups -OCH3 is 1. The van der Waals surface area contributed by atoms with Crippen LogP contribution in [-0.2, 0) is 9.53 Å². The van der Waals surface area contributed by atoms with Crippen molar-refractivity contribution >= 4 is 11.9 Å².